The molecule has 0 radical (unpaired) electrons. The standard InChI is InChI=1S/C22H26N6O4/c1-15-17(12-32-20(15)30)28-9-6-22(21(28)31)4-7-26(8-5-22)11-18(29)16-2-3-19(23-10-16)27-13-24-25-14-27/h2-3,10,13-14,18,29H,4-9,11-12H2,1H3. The summed E-state index contributed by atoms with van der Waals surface area (Å²) in [5, 5.41) is 18.2. The Balaban J connectivity index is 1.18. The zero-order valence-electron chi connectivity index (χ0n) is 18.0. The van der Waals surface area contributed by atoms with Gasteiger partial charge in [0.15, 0.2) is 0 Å². The number of cyclic esters (lactones) is 1. The molecule has 0 aromatic carbocycles. The molecule has 1 unspecified atom stereocenters. The predicted octanol–water partition coefficient (Wildman–Crippen LogP) is 0.841. The van der Waals surface area contributed by atoms with Crippen molar-refractivity contribution in [3.05, 3.63) is 47.8 Å². The van der Waals surface area contributed by atoms with Crippen LogP contribution < -0.4 is 0 Å². The summed E-state index contributed by atoms with van der Waals surface area (Å²) in [7, 11) is 0. The molecule has 10 nitrogen and oxygen atoms in total. The quantitative estimate of drug-likeness (QED) is 0.684. The summed E-state index contributed by atoms with van der Waals surface area (Å²) in [6.07, 6.45) is 6.46. The normalized spacial score (nSPS) is 22.1. The number of aliphatic hydroxyl groups excluding tert-OH is 1. The van der Waals surface area contributed by atoms with Crippen LogP contribution in [0.1, 0.15) is 37.9 Å². The van der Waals surface area contributed by atoms with Gasteiger partial charge in [-0.3, -0.25) is 9.36 Å². The van der Waals surface area contributed by atoms with Gasteiger partial charge in [0.25, 0.3) is 0 Å². The lowest BCUT2D eigenvalue weighted by molar-refractivity contribution is -0.138. The Morgan fingerprint density at radius 3 is 2.47 bits per heavy atom. The Bertz CT molecular complexity index is 1040. The maximum atomic E-state index is 13.2. The molecule has 1 atom stereocenters. The Morgan fingerprint density at radius 1 is 1.12 bits per heavy atom. The second kappa shape index (κ2) is 8.10. The average Bonchev–Trinajstić information content (AvgIpc) is 3.53. The molecule has 0 saturated carbocycles. The highest BCUT2D eigenvalue weighted by Gasteiger charge is 2.50. The highest BCUT2D eigenvalue weighted by molar-refractivity contribution is 5.94. The number of carbonyl (C=O) groups excluding carboxylic acids is 2. The molecule has 0 bridgehead atoms. The maximum Gasteiger partial charge on any atom is 0.336 e. The van der Waals surface area contributed by atoms with Crippen LogP contribution in [-0.2, 0) is 14.3 Å². The van der Waals surface area contributed by atoms with E-state index in [1.54, 1.807) is 35.2 Å². The van der Waals surface area contributed by atoms with Gasteiger partial charge >= 0.3 is 5.97 Å². The third-order valence-corrected chi connectivity index (χ3v) is 7.00. The van der Waals surface area contributed by atoms with Crippen molar-refractivity contribution in [1.29, 1.82) is 0 Å². The zero-order valence-corrected chi connectivity index (χ0v) is 18.0. The van der Waals surface area contributed by atoms with Gasteiger partial charge in [0.1, 0.15) is 25.1 Å². The van der Waals surface area contributed by atoms with Crippen molar-refractivity contribution in [3.63, 3.8) is 0 Å². The number of β-amino-alcohol motifs (C(OH)–C–C–N with tert-alkyl or cyclic N) is 1. The van der Waals surface area contributed by atoms with Crippen LogP contribution in [0, 0.1) is 5.41 Å². The van der Waals surface area contributed by atoms with Gasteiger partial charge in [0.2, 0.25) is 5.91 Å². The first-order valence-electron chi connectivity index (χ1n) is 10.9. The minimum absolute atomic E-state index is 0.110. The van der Waals surface area contributed by atoms with Crippen molar-refractivity contribution in [1.82, 2.24) is 29.5 Å². The number of piperidine rings is 1. The molecule has 2 fully saturated rings. The number of aliphatic hydroxyl groups is 1. The minimum Gasteiger partial charge on any atom is -0.456 e. The summed E-state index contributed by atoms with van der Waals surface area (Å²) in [5.74, 6) is 0.468. The largest absolute Gasteiger partial charge is 0.456 e. The lowest BCUT2D eigenvalue weighted by Crippen LogP contribution is -2.45. The Labute approximate surface area is 185 Å². The van der Waals surface area contributed by atoms with Gasteiger partial charge in [-0.15, -0.1) is 10.2 Å². The van der Waals surface area contributed by atoms with Crippen LogP contribution in [0.4, 0.5) is 0 Å². The summed E-state index contributed by atoms with van der Waals surface area (Å²) in [6.45, 7) is 4.53. The molecular weight excluding hydrogens is 412 g/mol. The molecule has 5 heterocycles. The highest BCUT2D eigenvalue weighted by Crippen LogP contribution is 2.43. The molecule has 2 aromatic rings. The van der Waals surface area contributed by atoms with Crippen molar-refractivity contribution < 1.29 is 19.4 Å². The van der Waals surface area contributed by atoms with Crippen LogP contribution in [0.25, 0.3) is 5.82 Å². The summed E-state index contributed by atoms with van der Waals surface area (Å²) in [6, 6.07) is 3.69. The highest BCUT2D eigenvalue weighted by atomic mass is 16.5. The second-order valence-corrected chi connectivity index (χ2v) is 8.77. The van der Waals surface area contributed by atoms with Gasteiger partial charge in [0.05, 0.1) is 22.8 Å². The van der Waals surface area contributed by atoms with Gasteiger partial charge in [-0.05, 0) is 45.3 Å². The van der Waals surface area contributed by atoms with Gasteiger partial charge in [-0.1, -0.05) is 6.07 Å². The molecule has 168 valence electrons. The fourth-order valence-electron chi connectivity index (χ4n) is 4.87. The Kier molecular flexibility index (Phi) is 5.26. The van der Waals surface area contributed by atoms with Crippen LogP contribution in [0.5, 0.6) is 0 Å². The summed E-state index contributed by atoms with van der Waals surface area (Å²) in [4.78, 5) is 33.3. The van der Waals surface area contributed by atoms with E-state index in [-0.39, 0.29) is 23.9 Å². The summed E-state index contributed by atoms with van der Waals surface area (Å²) in [5.41, 5.74) is 1.64. The molecule has 1 amide bonds. The van der Waals surface area contributed by atoms with Gasteiger partial charge < -0.3 is 19.6 Å². The molecule has 2 aromatic heterocycles. The second-order valence-electron chi connectivity index (χ2n) is 8.77. The summed E-state index contributed by atoms with van der Waals surface area (Å²) < 4.78 is 6.79. The number of aromatic nitrogens is 4. The predicted molar refractivity (Wildman–Crippen MR) is 112 cm³/mol. The Morgan fingerprint density at radius 2 is 1.84 bits per heavy atom. The van der Waals surface area contributed by atoms with E-state index in [4.69, 9.17) is 4.74 Å². The molecule has 32 heavy (non-hydrogen) atoms. The smallest absolute Gasteiger partial charge is 0.336 e. The SMILES string of the molecule is CC1=C(N2CCC3(CCN(CC(O)c4ccc(-n5cnnc5)nc4)CC3)C2=O)COC1=O. The minimum atomic E-state index is -0.656. The van der Waals surface area contributed by atoms with Gasteiger partial charge in [-0.25, -0.2) is 9.78 Å². The van der Waals surface area contributed by atoms with Crippen molar-refractivity contribution in [2.75, 3.05) is 32.8 Å². The summed E-state index contributed by atoms with van der Waals surface area (Å²) >= 11 is 0. The zero-order chi connectivity index (χ0) is 22.3. The average molecular weight is 438 g/mol. The van der Waals surface area contributed by atoms with E-state index in [1.807, 2.05) is 12.1 Å². The van der Waals surface area contributed by atoms with Crippen molar-refractivity contribution in [2.45, 2.75) is 32.3 Å². The molecule has 3 aliphatic rings. The van der Waals surface area contributed by atoms with Gasteiger partial charge in [0, 0.05) is 24.8 Å². The van der Waals surface area contributed by atoms with Crippen LogP contribution in [0.15, 0.2) is 42.3 Å². The van der Waals surface area contributed by atoms with E-state index in [0.29, 0.717) is 24.5 Å². The van der Waals surface area contributed by atoms with E-state index in [1.165, 1.54) is 0 Å². The van der Waals surface area contributed by atoms with Crippen LogP contribution in [0.3, 0.4) is 0 Å². The molecule has 5 rings (SSSR count). The third kappa shape index (κ3) is 3.59. The number of pyridine rings is 1. The first kappa shape index (κ1) is 20.8. The fourth-order valence-corrected chi connectivity index (χ4v) is 4.87. The number of hydrogen-bond donors (Lipinski definition) is 1. The van der Waals surface area contributed by atoms with E-state index in [9.17, 15) is 14.7 Å². The molecule has 2 saturated heterocycles. The van der Waals surface area contributed by atoms with E-state index in [2.05, 4.69) is 20.1 Å². The number of ether oxygens (including phenoxy) is 1. The van der Waals surface area contributed by atoms with E-state index >= 15 is 0 Å². The molecular formula is C22H26N6O4. The third-order valence-electron chi connectivity index (χ3n) is 7.00. The molecule has 1 N–H and O–H groups in total. The number of carbonyl (C=O) groups is 2. The number of rotatable bonds is 5. The van der Waals surface area contributed by atoms with E-state index in [0.717, 1.165) is 43.6 Å². The number of esters is 1. The maximum absolute atomic E-state index is 13.2. The van der Waals surface area contributed by atoms with Crippen molar-refractivity contribution in [2.24, 2.45) is 5.41 Å². The first-order valence-corrected chi connectivity index (χ1v) is 10.9. The first-order chi connectivity index (χ1) is 15.5. The molecule has 0 aliphatic carbocycles. The number of hydrogen-bond acceptors (Lipinski definition) is 8. The number of likely N-dealkylation sites (tertiary alicyclic amines) is 2. The molecule has 3 aliphatic heterocycles. The van der Waals surface area contributed by atoms with E-state index < -0.39 is 6.10 Å². The number of amides is 1. The van der Waals surface area contributed by atoms with Crippen molar-refractivity contribution >= 4 is 11.9 Å². The fraction of sp³-hybridized carbons (Fsp3) is 0.500. The molecule has 1 spiro atoms. The van der Waals surface area contributed by atoms with Crippen LogP contribution >= 0.6 is 0 Å². The monoisotopic (exact) mass is 438 g/mol. The van der Waals surface area contributed by atoms with Crippen molar-refractivity contribution in [3.8, 4) is 5.82 Å². The van der Waals surface area contributed by atoms with Crippen LogP contribution in [0.2, 0.25) is 0 Å². The Hall–Kier alpha value is -3.11. The molecule has 10 heteroatoms. The lowest BCUT2D eigenvalue weighted by Gasteiger charge is -2.38. The topological polar surface area (TPSA) is 114 Å². The lowest BCUT2D eigenvalue weighted by atomic mass is 9.77. The van der Waals surface area contributed by atoms with Gasteiger partial charge in [-0.2, -0.15) is 0 Å². The van der Waals surface area contributed by atoms with Crippen LogP contribution in [-0.4, -0.2) is 79.3 Å². The number of nitrogens with zero attached hydrogens (tertiary/aromatic N) is 6.